The van der Waals surface area contributed by atoms with Crippen LogP contribution in [-0.4, -0.2) is 60.9 Å². The predicted octanol–water partition coefficient (Wildman–Crippen LogP) is 2.31. The van der Waals surface area contributed by atoms with E-state index in [0.717, 1.165) is 0 Å². The highest BCUT2D eigenvalue weighted by atomic mass is 32.2. The number of piperazine rings is 1. The van der Waals surface area contributed by atoms with Crippen LogP contribution in [0.15, 0.2) is 53.4 Å². The van der Waals surface area contributed by atoms with E-state index in [0.29, 0.717) is 42.7 Å². The molecule has 11 heteroatoms. The molecule has 0 aliphatic carbocycles. The van der Waals surface area contributed by atoms with Crippen LogP contribution in [0, 0.1) is 10.1 Å². The zero-order valence-corrected chi connectivity index (χ0v) is 17.3. The van der Waals surface area contributed by atoms with Crippen LogP contribution in [0.25, 0.3) is 0 Å². The zero-order valence-electron chi connectivity index (χ0n) is 15.6. The van der Waals surface area contributed by atoms with Crippen LogP contribution in [0.3, 0.4) is 0 Å². The highest BCUT2D eigenvalue weighted by Gasteiger charge is 2.29. The van der Waals surface area contributed by atoms with Crippen molar-refractivity contribution >= 4 is 38.7 Å². The number of rotatable bonds is 5. The van der Waals surface area contributed by atoms with E-state index in [-0.39, 0.29) is 10.6 Å². The molecule has 1 saturated heterocycles. The van der Waals surface area contributed by atoms with Crippen LogP contribution in [0.2, 0.25) is 0 Å². The molecule has 0 amide bonds. The molecule has 2 aromatic carbocycles. The molecule has 0 unspecified atom stereocenters. The summed E-state index contributed by atoms with van der Waals surface area (Å²) in [6, 6.07) is 12.5. The number of non-ortho nitro benzene ring substituents is 1. The maximum atomic E-state index is 12.7. The fourth-order valence-corrected chi connectivity index (χ4v) is 4.70. The number of anilines is 1. The van der Waals surface area contributed by atoms with Crippen molar-refractivity contribution in [1.29, 1.82) is 0 Å². The molecular weight excluding hydrogens is 416 g/mol. The standard InChI is InChI=1S/C18H20N4O5S2/c1-27-17-13-14(22(23)24)7-8-16(17)19-18(28)20-9-11-21(12-10-20)29(25,26)15-5-3-2-4-6-15/h2-8,13H,9-12H2,1H3,(H,19,28). The number of benzene rings is 2. The first-order valence-electron chi connectivity index (χ1n) is 8.76. The van der Waals surface area contributed by atoms with Gasteiger partial charge >= 0.3 is 0 Å². The van der Waals surface area contributed by atoms with Crippen molar-refractivity contribution < 1.29 is 18.1 Å². The van der Waals surface area contributed by atoms with Gasteiger partial charge in [-0.2, -0.15) is 4.31 Å². The van der Waals surface area contributed by atoms with Gasteiger partial charge in [-0.3, -0.25) is 10.1 Å². The number of hydrogen-bond acceptors (Lipinski definition) is 6. The van der Waals surface area contributed by atoms with E-state index in [4.69, 9.17) is 17.0 Å². The van der Waals surface area contributed by atoms with Gasteiger partial charge in [0.1, 0.15) is 5.75 Å². The molecule has 0 aromatic heterocycles. The predicted molar refractivity (Wildman–Crippen MR) is 113 cm³/mol. The van der Waals surface area contributed by atoms with E-state index in [1.54, 1.807) is 30.3 Å². The summed E-state index contributed by atoms with van der Waals surface area (Å²) in [6.07, 6.45) is 0. The van der Waals surface area contributed by atoms with Gasteiger partial charge in [-0.05, 0) is 30.4 Å². The molecule has 0 bridgehead atoms. The van der Waals surface area contributed by atoms with E-state index < -0.39 is 14.9 Å². The molecule has 1 aliphatic rings. The van der Waals surface area contributed by atoms with Crippen LogP contribution in [-0.2, 0) is 10.0 Å². The van der Waals surface area contributed by atoms with Crippen LogP contribution in [0.1, 0.15) is 0 Å². The summed E-state index contributed by atoms with van der Waals surface area (Å²) in [5.41, 5.74) is 0.417. The highest BCUT2D eigenvalue weighted by Crippen LogP contribution is 2.29. The first kappa shape index (κ1) is 21.0. The van der Waals surface area contributed by atoms with Crippen LogP contribution in [0.5, 0.6) is 5.75 Å². The fourth-order valence-electron chi connectivity index (χ4n) is 2.96. The van der Waals surface area contributed by atoms with Crippen molar-refractivity contribution in [2.24, 2.45) is 0 Å². The van der Waals surface area contributed by atoms with E-state index in [1.807, 2.05) is 4.90 Å². The third-order valence-electron chi connectivity index (χ3n) is 4.54. The molecule has 1 N–H and O–H groups in total. The van der Waals surface area contributed by atoms with Crippen molar-refractivity contribution in [1.82, 2.24) is 9.21 Å². The maximum absolute atomic E-state index is 12.7. The summed E-state index contributed by atoms with van der Waals surface area (Å²) in [7, 11) is -2.12. The highest BCUT2D eigenvalue weighted by molar-refractivity contribution is 7.89. The summed E-state index contributed by atoms with van der Waals surface area (Å²) in [4.78, 5) is 12.5. The molecule has 3 rings (SSSR count). The Bertz CT molecular complexity index is 1010. The number of ether oxygens (including phenoxy) is 1. The third kappa shape index (κ3) is 4.63. The Morgan fingerprint density at radius 2 is 1.79 bits per heavy atom. The first-order chi connectivity index (χ1) is 13.8. The van der Waals surface area contributed by atoms with Gasteiger partial charge in [0, 0.05) is 32.2 Å². The summed E-state index contributed by atoms with van der Waals surface area (Å²) in [6.45, 7) is 1.45. The number of hydrogen-bond donors (Lipinski definition) is 1. The monoisotopic (exact) mass is 436 g/mol. The summed E-state index contributed by atoms with van der Waals surface area (Å²) in [5, 5.41) is 14.3. The van der Waals surface area contributed by atoms with Gasteiger partial charge in [0.25, 0.3) is 5.69 Å². The van der Waals surface area contributed by atoms with Gasteiger partial charge in [0.15, 0.2) is 5.11 Å². The number of nitrogens with zero attached hydrogens (tertiary/aromatic N) is 3. The fraction of sp³-hybridized carbons (Fsp3) is 0.278. The summed E-state index contributed by atoms with van der Waals surface area (Å²) >= 11 is 5.43. The smallest absolute Gasteiger partial charge is 0.273 e. The van der Waals surface area contributed by atoms with Gasteiger partial charge in [-0.15, -0.1) is 0 Å². The quantitative estimate of drug-likeness (QED) is 0.433. The molecule has 0 radical (unpaired) electrons. The molecule has 1 fully saturated rings. The van der Waals surface area contributed by atoms with Crippen molar-refractivity contribution in [3.05, 3.63) is 58.6 Å². The minimum atomic E-state index is -3.53. The number of nitro benzene ring substituents is 1. The van der Waals surface area contributed by atoms with Gasteiger partial charge < -0.3 is 15.0 Å². The van der Waals surface area contributed by atoms with Gasteiger partial charge in [0.05, 0.1) is 28.7 Å². The Morgan fingerprint density at radius 3 is 2.38 bits per heavy atom. The van der Waals surface area contributed by atoms with E-state index >= 15 is 0 Å². The van der Waals surface area contributed by atoms with Crippen LogP contribution >= 0.6 is 12.2 Å². The number of nitro groups is 1. The molecule has 1 heterocycles. The normalized spacial score (nSPS) is 15.0. The van der Waals surface area contributed by atoms with Crippen molar-refractivity contribution in [3.8, 4) is 5.75 Å². The van der Waals surface area contributed by atoms with E-state index in [2.05, 4.69) is 5.32 Å². The third-order valence-corrected chi connectivity index (χ3v) is 6.82. The SMILES string of the molecule is COc1cc([N+](=O)[O-])ccc1NC(=S)N1CCN(S(=O)(=O)c2ccccc2)CC1. The number of sulfonamides is 1. The number of nitrogens with one attached hydrogen (secondary N) is 1. The van der Waals surface area contributed by atoms with Gasteiger partial charge in [-0.1, -0.05) is 18.2 Å². The topological polar surface area (TPSA) is 105 Å². The van der Waals surface area contributed by atoms with Crippen molar-refractivity contribution in [2.45, 2.75) is 4.90 Å². The van der Waals surface area contributed by atoms with Crippen molar-refractivity contribution in [3.63, 3.8) is 0 Å². The van der Waals surface area contributed by atoms with E-state index in [1.165, 1.54) is 29.6 Å². The van der Waals surface area contributed by atoms with Gasteiger partial charge in [0.2, 0.25) is 10.0 Å². The molecule has 0 saturated carbocycles. The lowest BCUT2D eigenvalue weighted by Gasteiger charge is -2.35. The lowest BCUT2D eigenvalue weighted by atomic mass is 10.2. The molecule has 1 aliphatic heterocycles. The first-order valence-corrected chi connectivity index (χ1v) is 10.6. The minimum Gasteiger partial charge on any atom is -0.494 e. The second-order valence-corrected chi connectivity index (χ2v) is 8.60. The average molecular weight is 437 g/mol. The van der Waals surface area contributed by atoms with Gasteiger partial charge in [-0.25, -0.2) is 8.42 Å². The lowest BCUT2D eigenvalue weighted by Crippen LogP contribution is -2.51. The summed E-state index contributed by atoms with van der Waals surface area (Å²) < 4.78 is 32.1. The van der Waals surface area contributed by atoms with Crippen LogP contribution < -0.4 is 10.1 Å². The number of thiocarbonyl (C=S) groups is 1. The minimum absolute atomic E-state index is 0.0851. The lowest BCUT2D eigenvalue weighted by molar-refractivity contribution is -0.384. The molecule has 9 nitrogen and oxygen atoms in total. The molecule has 0 atom stereocenters. The Hall–Kier alpha value is -2.76. The largest absolute Gasteiger partial charge is 0.494 e. The Morgan fingerprint density at radius 1 is 1.14 bits per heavy atom. The second-order valence-electron chi connectivity index (χ2n) is 6.28. The van der Waals surface area contributed by atoms with E-state index in [9.17, 15) is 18.5 Å². The van der Waals surface area contributed by atoms with Crippen LogP contribution in [0.4, 0.5) is 11.4 Å². The Labute approximate surface area is 174 Å². The number of methoxy groups -OCH3 is 1. The molecule has 0 spiro atoms. The zero-order chi connectivity index (χ0) is 21.0. The second kappa shape index (κ2) is 8.72. The molecular formula is C18H20N4O5S2. The van der Waals surface area contributed by atoms with Crippen molar-refractivity contribution in [2.75, 3.05) is 38.6 Å². The summed E-state index contributed by atoms with van der Waals surface area (Å²) in [5.74, 6) is 0.298. The maximum Gasteiger partial charge on any atom is 0.273 e. The Kier molecular flexibility index (Phi) is 6.30. The average Bonchev–Trinajstić information content (AvgIpc) is 2.74. The molecule has 2 aromatic rings. The molecule has 29 heavy (non-hydrogen) atoms. The Balaban J connectivity index is 1.64. The molecule has 154 valence electrons.